The summed E-state index contributed by atoms with van der Waals surface area (Å²) in [5, 5.41) is 11.0. The van der Waals surface area contributed by atoms with Crippen molar-refractivity contribution in [2.24, 2.45) is 0 Å². The van der Waals surface area contributed by atoms with Gasteiger partial charge >= 0.3 is 363 Å². The maximum absolute atomic E-state index is 13.7. The van der Waals surface area contributed by atoms with Gasteiger partial charge in [0, 0.05) is 0 Å². The third kappa shape index (κ3) is 17.1. The molecule has 6 aromatic rings. The van der Waals surface area contributed by atoms with Gasteiger partial charge in [0.25, 0.3) is 0 Å². The van der Waals surface area contributed by atoms with Crippen LogP contribution in [-0.2, 0) is 69.2 Å². The SMILES string of the molecule is C.C[C@H]1[C@@H](c2ccccc2)OC(=[Se])N1C(=O)C(OCc1ccccc1)C(O)COCc1ccccc1.C[C@H]1[C@@H](c2ccccc2)OC(=[Se])N1C(=O)COCc1ccccc1.O=CCOCc1ccccc1. The molecule has 0 bridgehead atoms. The maximum atomic E-state index is 13.7. The van der Waals surface area contributed by atoms with E-state index in [1.165, 1.54) is 4.90 Å². The Kier molecular flexibility index (Phi) is 23.7. The van der Waals surface area contributed by atoms with E-state index in [0.29, 0.717) is 29.3 Å². The number of hydrogen-bond donors (Lipinski definition) is 1. The molecule has 2 aliphatic heterocycles. The van der Waals surface area contributed by atoms with Crippen LogP contribution in [0.3, 0.4) is 0 Å². The first-order valence-electron chi connectivity index (χ1n) is 22.9. The van der Waals surface area contributed by atoms with E-state index in [9.17, 15) is 19.5 Å². The van der Waals surface area contributed by atoms with E-state index in [0.717, 1.165) is 39.7 Å². The predicted molar refractivity (Wildman–Crippen MR) is 277 cm³/mol. The Morgan fingerprint density at radius 2 is 0.930 bits per heavy atom. The van der Waals surface area contributed by atoms with E-state index in [1.54, 1.807) is 4.90 Å². The minimum absolute atomic E-state index is 0. The number of ether oxygens (including phenoxy) is 6. The van der Waals surface area contributed by atoms with Gasteiger partial charge in [0.05, 0.1) is 6.61 Å². The van der Waals surface area contributed by atoms with Crippen LogP contribution in [0, 0.1) is 0 Å². The van der Waals surface area contributed by atoms with Gasteiger partial charge in [-0.15, -0.1) is 0 Å². The van der Waals surface area contributed by atoms with Gasteiger partial charge in [-0.2, -0.15) is 0 Å². The molecule has 6 atom stereocenters. The van der Waals surface area contributed by atoms with E-state index >= 15 is 0 Å². The molecule has 8 rings (SSSR count). The van der Waals surface area contributed by atoms with Crippen molar-refractivity contribution < 1.29 is 47.9 Å². The van der Waals surface area contributed by atoms with Crippen molar-refractivity contribution in [2.45, 2.75) is 84.2 Å². The number of carbonyl (C=O) groups excluding carboxylic acids is 3. The first-order valence-corrected chi connectivity index (χ1v) is 24.6. The van der Waals surface area contributed by atoms with Crippen molar-refractivity contribution in [2.75, 3.05) is 19.8 Å². The number of aliphatic hydroxyl groups excluding tert-OH is 1. The van der Waals surface area contributed by atoms with Crippen LogP contribution in [0.1, 0.15) is 66.9 Å². The number of nitrogens with zero attached hydrogens (tertiary/aromatic N) is 2. The molecule has 71 heavy (non-hydrogen) atoms. The summed E-state index contributed by atoms with van der Waals surface area (Å²) >= 11 is 5.72. The number of benzene rings is 6. The third-order valence-electron chi connectivity index (χ3n) is 11.2. The normalized spacial score (nSPS) is 17.7. The van der Waals surface area contributed by atoms with Gasteiger partial charge in [0.15, 0.2) is 0 Å². The van der Waals surface area contributed by atoms with Crippen LogP contribution < -0.4 is 0 Å². The van der Waals surface area contributed by atoms with Crippen LogP contribution in [0.4, 0.5) is 0 Å². The molecular formula is C57H62N2O10Se2. The fraction of sp³-hybridized carbons (Fsp3) is 0.281. The largest absolute Gasteiger partial charge is 0.369 e. The summed E-state index contributed by atoms with van der Waals surface area (Å²) in [5.41, 5.74) is 6.05. The molecule has 0 saturated carbocycles. The molecule has 2 unspecified atom stereocenters. The van der Waals surface area contributed by atoms with Gasteiger partial charge in [-0.1, -0.05) is 37.8 Å². The average Bonchev–Trinajstić information content (AvgIpc) is 3.87. The second kappa shape index (κ2) is 30.1. The summed E-state index contributed by atoms with van der Waals surface area (Å²) in [6, 6.07) is 58.1. The summed E-state index contributed by atoms with van der Waals surface area (Å²) in [4.78, 5) is 39.3. The Labute approximate surface area is 433 Å². The van der Waals surface area contributed by atoms with E-state index in [2.05, 4.69) is 31.2 Å². The van der Waals surface area contributed by atoms with Crippen LogP contribution >= 0.6 is 0 Å². The molecule has 14 heteroatoms. The first-order chi connectivity index (χ1) is 34.1. The van der Waals surface area contributed by atoms with Gasteiger partial charge in [0.2, 0.25) is 0 Å². The molecule has 0 spiro atoms. The number of aldehydes is 1. The quantitative estimate of drug-likeness (QED) is 0.0486. The van der Waals surface area contributed by atoms with Gasteiger partial charge in [0.1, 0.15) is 12.9 Å². The smallest absolute Gasteiger partial charge is 0.145 e. The number of carbonyl (C=O) groups is 3. The topological polar surface area (TPSA) is 133 Å². The first kappa shape index (κ1) is 56.0. The van der Waals surface area contributed by atoms with Crippen molar-refractivity contribution in [1.29, 1.82) is 0 Å². The van der Waals surface area contributed by atoms with Crippen molar-refractivity contribution in [3.8, 4) is 0 Å². The Morgan fingerprint density at radius 1 is 0.563 bits per heavy atom. The molecule has 2 amide bonds. The average molecular weight is 1090 g/mol. The van der Waals surface area contributed by atoms with E-state index < -0.39 is 12.2 Å². The second-order valence-electron chi connectivity index (χ2n) is 16.3. The third-order valence-corrected chi connectivity index (χ3v) is 12.4. The summed E-state index contributed by atoms with van der Waals surface area (Å²) in [5.74, 6) is -0.484. The molecule has 372 valence electrons. The maximum Gasteiger partial charge on any atom is 0.145 e. The number of aliphatic hydroxyl groups is 1. The molecule has 2 fully saturated rings. The molecule has 0 radical (unpaired) electrons. The summed E-state index contributed by atoms with van der Waals surface area (Å²) in [6.07, 6.45) is -2.03. The fourth-order valence-corrected chi connectivity index (χ4v) is 9.17. The van der Waals surface area contributed by atoms with Crippen LogP contribution in [0.15, 0.2) is 182 Å². The minimum Gasteiger partial charge on any atom is -0.369 e. The zero-order valence-corrected chi connectivity index (χ0v) is 42.6. The van der Waals surface area contributed by atoms with E-state index in [-0.39, 0.29) is 70.0 Å². The molecule has 2 heterocycles. The summed E-state index contributed by atoms with van der Waals surface area (Å²) in [6.45, 7) is 5.50. The zero-order chi connectivity index (χ0) is 49.5. The van der Waals surface area contributed by atoms with Crippen molar-refractivity contribution in [3.63, 3.8) is 0 Å². The van der Waals surface area contributed by atoms with Crippen LogP contribution in [0.5, 0.6) is 0 Å². The molecule has 0 aliphatic carbocycles. The van der Waals surface area contributed by atoms with Crippen molar-refractivity contribution in [1.82, 2.24) is 9.80 Å². The van der Waals surface area contributed by atoms with Gasteiger partial charge in [-0.3, -0.25) is 0 Å². The molecule has 2 aliphatic rings. The molecule has 1 N–H and O–H groups in total. The number of amides is 2. The van der Waals surface area contributed by atoms with E-state index in [4.69, 9.17) is 28.4 Å². The van der Waals surface area contributed by atoms with Crippen molar-refractivity contribution in [3.05, 3.63) is 215 Å². The van der Waals surface area contributed by atoms with E-state index in [1.807, 2.05) is 196 Å². The van der Waals surface area contributed by atoms with Crippen LogP contribution in [0.25, 0.3) is 0 Å². The Bertz CT molecular complexity index is 2510. The molecule has 2 saturated heterocycles. The monoisotopic (exact) mass is 1090 g/mol. The minimum atomic E-state index is -1.16. The summed E-state index contributed by atoms with van der Waals surface area (Å²) < 4.78 is 35.0. The molecule has 0 aromatic heterocycles. The molecule has 6 aromatic carbocycles. The second-order valence-corrected chi connectivity index (χ2v) is 17.8. The standard InChI is InChI=1S/C28H29NO5Se.C19H19NO3Se.C9H10O2.CH4/c1-20-25(23-15-9-4-10-16-23)34-28(35)29(20)27(31)26(33-18-22-13-7-3-8-14-22)24(30)19-32-17-21-11-5-2-6-12-21;1-14-18(16-10-6-3-7-11-16)23-19(24)20(14)17(21)13-22-12-15-8-4-2-5-9-15;10-6-7-11-8-9-4-2-1-3-5-9;/h2-16,20,24-26,30H,17-19H2,1H3;2-11,14,18H,12-13H2,1H3;1-6H,7-8H2;1H4/t20-,24?,25-,26?;14-,18-;;/m00../s1. The predicted octanol–water partition coefficient (Wildman–Crippen LogP) is 7.88. The van der Waals surface area contributed by atoms with Gasteiger partial charge in [-0.25, -0.2) is 0 Å². The fourth-order valence-electron chi connectivity index (χ4n) is 7.63. The van der Waals surface area contributed by atoms with Gasteiger partial charge in [-0.05, 0) is 5.56 Å². The van der Waals surface area contributed by atoms with Crippen molar-refractivity contribution >= 4 is 58.7 Å². The molecular weight excluding hydrogens is 1030 g/mol. The Morgan fingerprint density at radius 3 is 1.37 bits per heavy atom. The zero-order valence-electron chi connectivity index (χ0n) is 39.1. The van der Waals surface area contributed by atoms with Crippen LogP contribution in [-0.4, -0.2) is 118 Å². The number of rotatable bonds is 19. The summed E-state index contributed by atoms with van der Waals surface area (Å²) in [7, 11) is 0. The number of hydrogen-bond acceptors (Lipinski definition) is 10. The van der Waals surface area contributed by atoms with Crippen LogP contribution in [0.2, 0.25) is 0 Å². The Hall–Kier alpha value is -5.89. The molecule has 12 nitrogen and oxygen atoms in total. The van der Waals surface area contributed by atoms with Gasteiger partial charge < -0.3 is 9.53 Å². The Balaban J connectivity index is 0.000000224.